The summed E-state index contributed by atoms with van der Waals surface area (Å²) in [5.41, 5.74) is 11.0. The fourth-order valence-electron chi connectivity index (χ4n) is 3.74. The number of benzene rings is 2. The summed E-state index contributed by atoms with van der Waals surface area (Å²) >= 11 is 0. The summed E-state index contributed by atoms with van der Waals surface area (Å²) in [7, 11) is 0. The lowest BCUT2D eigenvalue weighted by molar-refractivity contribution is 0.0951. The Labute approximate surface area is 174 Å². The van der Waals surface area contributed by atoms with Crippen LogP contribution in [-0.4, -0.2) is 21.5 Å². The van der Waals surface area contributed by atoms with Crippen molar-refractivity contribution in [3.8, 4) is 6.07 Å². The van der Waals surface area contributed by atoms with Crippen molar-refractivity contribution in [2.24, 2.45) is 5.73 Å². The summed E-state index contributed by atoms with van der Waals surface area (Å²) in [5, 5.41) is 23.8. The van der Waals surface area contributed by atoms with Crippen LogP contribution in [0.1, 0.15) is 50.5 Å². The van der Waals surface area contributed by atoms with Gasteiger partial charge in [0.1, 0.15) is 5.84 Å². The Bertz CT molecular complexity index is 1140. The summed E-state index contributed by atoms with van der Waals surface area (Å²) in [5.74, 6) is -0.165. The Balaban J connectivity index is 1.36. The number of carbonyl (C=O) groups excluding carboxylic acids is 1. The quantitative estimate of drug-likeness (QED) is 0.437. The van der Waals surface area contributed by atoms with Crippen molar-refractivity contribution >= 4 is 11.7 Å². The number of nitrogens with two attached hydrogens (primary N) is 1. The minimum atomic E-state index is -0.192. The van der Waals surface area contributed by atoms with Gasteiger partial charge in [-0.2, -0.15) is 10.4 Å². The van der Waals surface area contributed by atoms with Crippen molar-refractivity contribution in [3.05, 3.63) is 88.2 Å². The maximum absolute atomic E-state index is 12.4. The molecule has 1 aliphatic rings. The standard InChI is InChI=1S/C23H22N6O/c24-10-19-7-6-18-9-16(3-8-21(18)19)13-29-14-20(12-28-29)23(30)27-11-15-1-4-17(5-2-15)22(25)26/h1-5,8-9,12,14,19H,6-7,11,13H2,(H3,25,26)(H,27,30). The third kappa shape index (κ3) is 4.08. The predicted molar refractivity (Wildman–Crippen MR) is 113 cm³/mol. The van der Waals surface area contributed by atoms with Crippen LogP contribution in [0, 0.1) is 16.7 Å². The number of nitriles is 1. The van der Waals surface area contributed by atoms with Crippen molar-refractivity contribution in [3.63, 3.8) is 0 Å². The van der Waals surface area contributed by atoms with Crippen LogP contribution in [0.4, 0.5) is 0 Å². The molecule has 7 heteroatoms. The first kappa shape index (κ1) is 19.4. The fourth-order valence-corrected chi connectivity index (χ4v) is 3.74. The number of nitrogens with one attached hydrogen (secondary N) is 2. The third-order valence-corrected chi connectivity index (χ3v) is 5.40. The van der Waals surface area contributed by atoms with Crippen molar-refractivity contribution in [2.75, 3.05) is 0 Å². The molecule has 2 aromatic carbocycles. The summed E-state index contributed by atoms with van der Waals surface area (Å²) in [6.07, 6.45) is 5.12. The zero-order chi connectivity index (χ0) is 21.1. The lowest BCUT2D eigenvalue weighted by Crippen LogP contribution is -2.22. The number of rotatable bonds is 6. The molecule has 150 valence electrons. The van der Waals surface area contributed by atoms with Crippen LogP contribution in [0.3, 0.4) is 0 Å². The highest BCUT2D eigenvalue weighted by Gasteiger charge is 2.22. The average molecular weight is 398 g/mol. The number of hydrogen-bond donors (Lipinski definition) is 3. The van der Waals surface area contributed by atoms with Crippen molar-refractivity contribution in [1.29, 1.82) is 10.7 Å². The zero-order valence-corrected chi connectivity index (χ0v) is 16.4. The van der Waals surface area contributed by atoms with Gasteiger partial charge in [-0.1, -0.05) is 42.5 Å². The van der Waals surface area contributed by atoms with E-state index in [4.69, 9.17) is 11.1 Å². The maximum atomic E-state index is 12.4. The van der Waals surface area contributed by atoms with Gasteiger partial charge in [0, 0.05) is 18.3 Å². The highest BCUT2D eigenvalue weighted by molar-refractivity contribution is 5.95. The molecule has 0 saturated heterocycles. The lowest BCUT2D eigenvalue weighted by atomic mass is 10.0. The summed E-state index contributed by atoms with van der Waals surface area (Å²) in [6, 6.07) is 15.8. The van der Waals surface area contributed by atoms with Gasteiger partial charge in [-0.05, 0) is 35.1 Å². The van der Waals surface area contributed by atoms with Crippen LogP contribution in [0.15, 0.2) is 54.9 Å². The molecule has 1 unspecified atom stereocenters. The largest absolute Gasteiger partial charge is 0.384 e. The molecule has 1 aliphatic carbocycles. The van der Waals surface area contributed by atoms with Crippen molar-refractivity contribution < 1.29 is 4.79 Å². The second-order valence-corrected chi connectivity index (χ2v) is 7.47. The normalized spacial score (nSPS) is 14.7. The molecular weight excluding hydrogens is 376 g/mol. The molecule has 1 amide bonds. The molecule has 7 nitrogen and oxygen atoms in total. The van der Waals surface area contributed by atoms with Gasteiger partial charge in [-0.15, -0.1) is 0 Å². The van der Waals surface area contributed by atoms with Gasteiger partial charge in [0.2, 0.25) is 0 Å². The van der Waals surface area contributed by atoms with Gasteiger partial charge in [-0.25, -0.2) is 0 Å². The Morgan fingerprint density at radius 3 is 2.73 bits per heavy atom. The molecule has 0 fully saturated rings. The number of amides is 1. The molecule has 4 N–H and O–H groups in total. The van der Waals surface area contributed by atoms with Gasteiger partial charge in [0.25, 0.3) is 5.91 Å². The Morgan fingerprint density at radius 2 is 2.00 bits per heavy atom. The second-order valence-electron chi connectivity index (χ2n) is 7.47. The number of carbonyl (C=O) groups is 1. The monoisotopic (exact) mass is 398 g/mol. The molecule has 30 heavy (non-hydrogen) atoms. The molecule has 0 aliphatic heterocycles. The van der Waals surface area contributed by atoms with E-state index in [0.717, 1.165) is 29.5 Å². The summed E-state index contributed by atoms with van der Waals surface area (Å²) < 4.78 is 1.75. The number of aromatic nitrogens is 2. The fraction of sp³-hybridized carbons (Fsp3) is 0.217. The van der Waals surface area contributed by atoms with Gasteiger partial charge in [0.05, 0.1) is 30.3 Å². The van der Waals surface area contributed by atoms with Crippen LogP contribution in [-0.2, 0) is 19.5 Å². The smallest absolute Gasteiger partial charge is 0.254 e. The molecule has 0 saturated carbocycles. The van der Waals surface area contributed by atoms with Gasteiger partial charge < -0.3 is 11.1 Å². The summed E-state index contributed by atoms with van der Waals surface area (Å²) in [6.45, 7) is 0.956. The predicted octanol–water partition coefficient (Wildman–Crippen LogP) is 2.70. The molecule has 0 bridgehead atoms. The van der Waals surface area contributed by atoms with E-state index in [9.17, 15) is 10.1 Å². The minimum absolute atomic E-state index is 0.00714. The van der Waals surface area contributed by atoms with Crippen LogP contribution in [0.5, 0.6) is 0 Å². The first-order chi connectivity index (χ1) is 14.5. The lowest BCUT2D eigenvalue weighted by Gasteiger charge is -2.07. The van der Waals surface area contributed by atoms with E-state index in [1.54, 1.807) is 29.2 Å². The van der Waals surface area contributed by atoms with E-state index in [1.807, 2.05) is 24.3 Å². The van der Waals surface area contributed by atoms with E-state index in [2.05, 4.69) is 22.6 Å². The number of amidine groups is 1. The molecule has 4 rings (SSSR count). The first-order valence-electron chi connectivity index (χ1n) is 9.79. The number of hydrogen-bond acceptors (Lipinski definition) is 4. The zero-order valence-electron chi connectivity index (χ0n) is 16.4. The van der Waals surface area contributed by atoms with E-state index >= 15 is 0 Å². The maximum Gasteiger partial charge on any atom is 0.254 e. The van der Waals surface area contributed by atoms with Crippen LogP contribution >= 0.6 is 0 Å². The summed E-state index contributed by atoms with van der Waals surface area (Å²) in [4.78, 5) is 12.4. The molecular formula is C23H22N6O. The Kier molecular flexibility index (Phi) is 5.31. The molecule has 1 heterocycles. The minimum Gasteiger partial charge on any atom is -0.384 e. The number of fused-ring (bicyclic) bond motifs is 1. The van der Waals surface area contributed by atoms with Gasteiger partial charge in [-0.3, -0.25) is 14.9 Å². The van der Waals surface area contributed by atoms with E-state index < -0.39 is 0 Å². The van der Waals surface area contributed by atoms with E-state index in [0.29, 0.717) is 24.2 Å². The van der Waals surface area contributed by atoms with Crippen molar-refractivity contribution in [1.82, 2.24) is 15.1 Å². The van der Waals surface area contributed by atoms with Crippen LogP contribution in [0.2, 0.25) is 0 Å². The van der Waals surface area contributed by atoms with Gasteiger partial charge in [0.15, 0.2) is 0 Å². The van der Waals surface area contributed by atoms with Crippen molar-refractivity contribution in [2.45, 2.75) is 31.8 Å². The average Bonchev–Trinajstić information content (AvgIpc) is 3.39. The highest BCUT2D eigenvalue weighted by Crippen LogP contribution is 2.33. The van der Waals surface area contributed by atoms with E-state index in [1.165, 1.54) is 5.56 Å². The second kappa shape index (κ2) is 8.21. The van der Waals surface area contributed by atoms with Gasteiger partial charge >= 0.3 is 0 Å². The molecule has 0 spiro atoms. The Morgan fingerprint density at radius 1 is 1.23 bits per heavy atom. The van der Waals surface area contributed by atoms with Crippen LogP contribution in [0.25, 0.3) is 0 Å². The topological polar surface area (TPSA) is 121 Å². The van der Waals surface area contributed by atoms with Crippen LogP contribution < -0.4 is 11.1 Å². The number of aryl methyl sites for hydroxylation is 1. The molecule has 3 aromatic rings. The SMILES string of the molecule is N#CC1CCc2cc(Cn3cc(C(=O)NCc4ccc(C(=N)N)cc4)cn3)ccc21. The molecule has 1 aromatic heterocycles. The highest BCUT2D eigenvalue weighted by atomic mass is 16.1. The third-order valence-electron chi connectivity index (χ3n) is 5.40. The number of nitrogen functional groups attached to an aromatic ring is 1. The number of nitrogens with zero attached hydrogens (tertiary/aromatic N) is 3. The van der Waals surface area contributed by atoms with E-state index in [-0.39, 0.29) is 17.7 Å². The molecule has 1 atom stereocenters. The molecule has 0 radical (unpaired) electrons. The first-order valence-corrected chi connectivity index (χ1v) is 9.79. The Hall–Kier alpha value is -3.92.